The van der Waals surface area contributed by atoms with E-state index in [4.69, 9.17) is 5.73 Å². The summed E-state index contributed by atoms with van der Waals surface area (Å²) in [6, 6.07) is -0.00648. The van der Waals surface area contributed by atoms with Crippen LogP contribution < -0.4 is 5.73 Å². The maximum absolute atomic E-state index is 5.65. The van der Waals surface area contributed by atoms with Crippen LogP contribution in [-0.2, 0) is 0 Å². The molecule has 5 heteroatoms. The summed E-state index contributed by atoms with van der Waals surface area (Å²) < 4.78 is 0. The highest BCUT2D eigenvalue weighted by atomic mass is 15.2. The Balaban J connectivity index is 2.54. The third kappa shape index (κ3) is 2.05. The van der Waals surface area contributed by atoms with Crippen LogP contribution in [0.2, 0.25) is 0 Å². The van der Waals surface area contributed by atoms with E-state index in [1.165, 1.54) is 6.34 Å². The molecule has 1 rings (SSSR count). The molecule has 1 aliphatic heterocycles. The van der Waals surface area contributed by atoms with E-state index in [0.29, 0.717) is 5.84 Å². The van der Waals surface area contributed by atoms with E-state index in [0.717, 1.165) is 6.54 Å². The quantitative estimate of drug-likeness (QED) is 0.438. The topological polar surface area (TPSA) is 66.3 Å². The van der Waals surface area contributed by atoms with E-state index in [2.05, 4.69) is 15.0 Å². The van der Waals surface area contributed by atoms with Gasteiger partial charge in [0.2, 0.25) is 0 Å². The van der Waals surface area contributed by atoms with E-state index in [1.807, 2.05) is 11.9 Å². The summed E-state index contributed by atoms with van der Waals surface area (Å²) >= 11 is 0. The number of nitrogens with zero attached hydrogens (tertiary/aromatic N) is 4. The van der Waals surface area contributed by atoms with Crippen molar-refractivity contribution in [3.8, 4) is 0 Å². The van der Waals surface area contributed by atoms with Crippen molar-refractivity contribution in [3.05, 3.63) is 0 Å². The standard InChI is InChI=1S/C7H13N5/c1-9-4-10-7(8)6-3-12(2)5-11-6/h4-6H,3H2,1-2H3,(H2,8,9,10). The molecule has 0 aliphatic carbocycles. The van der Waals surface area contributed by atoms with Crippen molar-refractivity contribution in [2.24, 2.45) is 20.7 Å². The molecule has 1 atom stereocenters. The normalized spacial score (nSPS) is 24.3. The molecule has 2 N–H and O–H groups in total. The van der Waals surface area contributed by atoms with Crippen LogP contribution in [-0.4, -0.2) is 50.1 Å². The summed E-state index contributed by atoms with van der Waals surface area (Å²) in [6.45, 7) is 0.798. The Morgan fingerprint density at radius 1 is 1.83 bits per heavy atom. The lowest BCUT2D eigenvalue weighted by atomic mass is 10.3. The third-order valence-corrected chi connectivity index (χ3v) is 1.57. The van der Waals surface area contributed by atoms with Gasteiger partial charge < -0.3 is 10.6 Å². The zero-order valence-electron chi connectivity index (χ0n) is 7.31. The second kappa shape index (κ2) is 3.85. The second-order valence-corrected chi connectivity index (χ2v) is 2.65. The second-order valence-electron chi connectivity index (χ2n) is 2.65. The van der Waals surface area contributed by atoms with Crippen LogP contribution in [0, 0.1) is 0 Å². The average molecular weight is 167 g/mol. The number of amidine groups is 1. The largest absolute Gasteiger partial charge is 0.385 e. The minimum Gasteiger partial charge on any atom is -0.385 e. The van der Waals surface area contributed by atoms with Crippen LogP contribution >= 0.6 is 0 Å². The highest BCUT2D eigenvalue weighted by Crippen LogP contribution is 2.00. The molecule has 1 aliphatic rings. The van der Waals surface area contributed by atoms with Crippen molar-refractivity contribution < 1.29 is 0 Å². The van der Waals surface area contributed by atoms with Crippen LogP contribution in [0.1, 0.15) is 0 Å². The van der Waals surface area contributed by atoms with Crippen LogP contribution in [0.4, 0.5) is 0 Å². The van der Waals surface area contributed by atoms with Gasteiger partial charge >= 0.3 is 0 Å². The Hall–Kier alpha value is -1.39. The van der Waals surface area contributed by atoms with Crippen molar-refractivity contribution in [1.82, 2.24) is 4.90 Å². The monoisotopic (exact) mass is 167 g/mol. The molecule has 0 aromatic carbocycles. The first-order chi connectivity index (χ1) is 5.74. The Labute approximate surface area is 71.7 Å². The van der Waals surface area contributed by atoms with Gasteiger partial charge in [-0.2, -0.15) is 0 Å². The molecule has 12 heavy (non-hydrogen) atoms. The minimum atomic E-state index is -0.00648. The van der Waals surface area contributed by atoms with Crippen molar-refractivity contribution in [3.63, 3.8) is 0 Å². The average Bonchev–Trinajstić information content (AvgIpc) is 2.47. The molecule has 1 heterocycles. The molecule has 0 aromatic rings. The summed E-state index contributed by atoms with van der Waals surface area (Å²) in [6.07, 6.45) is 3.19. The van der Waals surface area contributed by atoms with Gasteiger partial charge in [0, 0.05) is 20.6 Å². The number of aliphatic imine (C=N–C) groups is 3. The van der Waals surface area contributed by atoms with Crippen molar-refractivity contribution >= 4 is 18.5 Å². The molecule has 1 unspecified atom stereocenters. The predicted octanol–water partition coefficient (Wildman–Crippen LogP) is -0.656. The summed E-state index contributed by atoms with van der Waals surface area (Å²) in [5, 5.41) is 0. The number of hydrogen-bond donors (Lipinski definition) is 1. The zero-order valence-corrected chi connectivity index (χ0v) is 7.31. The lowest BCUT2D eigenvalue weighted by molar-refractivity contribution is 0.546. The molecule has 0 radical (unpaired) electrons. The Bertz CT molecular complexity index is 230. The van der Waals surface area contributed by atoms with Gasteiger partial charge in [0.15, 0.2) is 0 Å². The first-order valence-electron chi connectivity index (χ1n) is 3.71. The van der Waals surface area contributed by atoms with Gasteiger partial charge in [0.1, 0.15) is 18.2 Å². The predicted molar refractivity (Wildman–Crippen MR) is 50.9 cm³/mol. The van der Waals surface area contributed by atoms with Gasteiger partial charge in [-0.1, -0.05) is 0 Å². The zero-order chi connectivity index (χ0) is 8.97. The molecule has 66 valence electrons. The maximum Gasteiger partial charge on any atom is 0.128 e. The van der Waals surface area contributed by atoms with Gasteiger partial charge in [-0.05, 0) is 0 Å². The third-order valence-electron chi connectivity index (χ3n) is 1.57. The number of likely N-dealkylation sites (N-methyl/N-ethyl adjacent to an activating group) is 1. The highest BCUT2D eigenvalue weighted by molar-refractivity contribution is 5.93. The molecular weight excluding hydrogens is 154 g/mol. The fourth-order valence-corrected chi connectivity index (χ4v) is 0.942. The summed E-state index contributed by atoms with van der Waals surface area (Å²) in [4.78, 5) is 13.8. The molecule has 0 amide bonds. The van der Waals surface area contributed by atoms with Crippen molar-refractivity contribution in [2.75, 3.05) is 20.6 Å². The van der Waals surface area contributed by atoms with Crippen LogP contribution in [0.15, 0.2) is 15.0 Å². The molecule has 0 bridgehead atoms. The molecule has 0 fully saturated rings. The van der Waals surface area contributed by atoms with Crippen molar-refractivity contribution in [2.45, 2.75) is 6.04 Å². The summed E-state index contributed by atoms with van der Waals surface area (Å²) in [7, 11) is 3.60. The van der Waals surface area contributed by atoms with E-state index >= 15 is 0 Å². The SMILES string of the molecule is CN=CN=C(N)C1CN(C)C=N1. The Morgan fingerprint density at radius 2 is 2.58 bits per heavy atom. The lowest BCUT2D eigenvalue weighted by Gasteiger charge is -2.08. The van der Waals surface area contributed by atoms with E-state index in [9.17, 15) is 0 Å². The fourth-order valence-electron chi connectivity index (χ4n) is 0.942. The van der Waals surface area contributed by atoms with Gasteiger partial charge in [0.25, 0.3) is 0 Å². The van der Waals surface area contributed by atoms with Gasteiger partial charge in [-0.3, -0.25) is 9.98 Å². The Morgan fingerprint density at radius 3 is 3.08 bits per heavy atom. The maximum atomic E-state index is 5.65. The first kappa shape index (κ1) is 8.70. The van der Waals surface area contributed by atoms with Crippen LogP contribution in [0.3, 0.4) is 0 Å². The highest BCUT2D eigenvalue weighted by Gasteiger charge is 2.17. The van der Waals surface area contributed by atoms with E-state index < -0.39 is 0 Å². The molecule has 5 nitrogen and oxygen atoms in total. The molecule has 0 saturated carbocycles. The van der Waals surface area contributed by atoms with Gasteiger partial charge in [-0.25, -0.2) is 4.99 Å². The first-order valence-corrected chi connectivity index (χ1v) is 3.71. The number of hydrogen-bond acceptors (Lipinski definition) is 3. The fraction of sp³-hybridized carbons (Fsp3) is 0.571. The molecule has 0 saturated heterocycles. The van der Waals surface area contributed by atoms with E-state index in [-0.39, 0.29) is 6.04 Å². The lowest BCUT2D eigenvalue weighted by Crippen LogP contribution is -2.31. The molecular formula is C7H13N5. The van der Waals surface area contributed by atoms with Gasteiger partial charge in [-0.15, -0.1) is 0 Å². The molecule has 0 aromatic heterocycles. The summed E-state index contributed by atoms with van der Waals surface area (Å²) in [5.41, 5.74) is 5.65. The van der Waals surface area contributed by atoms with Crippen LogP contribution in [0.5, 0.6) is 0 Å². The minimum absolute atomic E-state index is 0.00648. The smallest absolute Gasteiger partial charge is 0.128 e. The number of nitrogens with two attached hydrogens (primary N) is 1. The van der Waals surface area contributed by atoms with Gasteiger partial charge in [0.05, 0.1) is 6.34 Å². The van der Waals surface area contributed by atoms with Crippen molar-refractivity contribution in [1.29, 1.82) is 0 Å². The number of rotatable bonds is 2. The molecule has 0 spiro atoms. The van der Waals surface area contributed by atoms with E-state index in [1.54, 1.807) is 13.4 Å². The Kier molecular flexibility index (Phi) is 2.79. The van der Waals surface area contributed by atoms with Crippen LogP contribution in [0.25, 0.3) is 0 Å². The summed E-state index contributed by atoms with van der Waals surface area (Å²) in [5.74, 6) is 0.515.